The molecule has 4 aliphatic rings. The fraction of sp³-hybridized carbons (Fsp3) is 1.00. The fourth-order valence-electron chi connectivity index (χ4n) is 3.73. The van der Waals surface area contributed by atoms with Gasteiger partial charge in [-0.3, -0.25) is 0 Å². The van der Waals surface area contributed by atoms with Crippen molar-refractivity contribution in [2.45, 2.75) is 38.3 Å². The van der Waals surface area contributed by atoms with Crippen molar-refractivity contribution < 1.29 is 0 Å². The van der Waals surface area contributed by atoms with Crippen molar-refractivity contribution in [1.29, 1.82) is 0 Å². The number of hydrogen-bond donors (Lipinski definition) is 0. The van der Waals surface area contributed by atoms with Gasteiger partial charge in [-0.1, -0.05) is 0 Å². The van der Waals surface area contributed by atoms with E-state index in [2.05, 4.69) is 18.9 Å². The summed E-state index contributed by atoms with van der Waals surface area (Å²) in [5.74, 6) is 3.28. The van der Waals surface area contributed by atoms with Crippen molar-refractivity contribution in [2.75, 3.05) is 7.05 Å². The minimum absolute atomic E-state index is 0.887. The lowest BCUT2D eigenvalue weighted by molar-refractivity contribution is 0.0526. The zero-order valence-corrected chi connectivity index (χ0v) is 7.46. The third-order valence-corrected chi connectivity index (χ3v) is 4.66. The standard InChI is InChI=1S/C10H17N/c1-6-9-5-10(11(6)2)8-3-7(9)4-8/h6-10H,3-5H2,1-2H3/t6-,7?,8?,9?,10?/m1/s1. The molecular formula is C10H17N. The molecule has 3 saturated carbocycles. The SMILES string of the molecule is C[C@@H]1C2CC(C3CC2C3)N1C. The lowest BCUT2D eigenvalue weighted by Crippen LogP contribution is -2.43. The van der Waals surface area contributed by atoms with Gasteiger partial charge in [0, 0.05) is 12.1 Å². The van der Waals surface area contributed by atoms with Crippen molar-refractivity contribution in [1.82, 2.24) is 4.90 Å². The summed E-state index contributed by atoms with van der Waals surface area (Å²) in [5, 5.41) is 0. The largest absolute Gasteiger partial charge is 0.300 e. The Morgan fingerprint density at radius 1 is 1.09 bits per heavy atom. The third kappa shape index (κ3) is 0.618. The average Bonchev–Trinajstić information content (AvgIpc) is 2.13. The highest BCUT2D eigenvalue weighted by Gasteiger charge is 2.54. The molecule has 2 unspecified atom stereocenters. The maximum atomic E-state index is 2.64. The molecule has 11 heavy (non-hydrogen) atoms. The number of rotatable bonds is 0. The van der Waals surface area contributed by atoms with E-state index in [1.165, 1.54) is 6.42 Å². The Morgan fingerprint density at radius 2 is 1.82 bits per heavy atom. The first-order valence-corrected chi connectivity index (χ1v) is 4.99. The molecule has 0 amide bonds. The zero-order chi connectivity index (χ0) is 7.59. The second-order valence-corrected chi connectivity index (χ2v) is 4.86. The molecular weight excluding hydrogens is 134 g/mol. The average molecular weight is 151 g/mol. The molecule has 1 aliphatic heterocycles. The molecule has 0 aromatic rings. The maximum Gasteiger partial charge on any atom is 0.0127 e. The molecule has 0 spiro atoms. The van der Waals surface area contributed by atoms with E-state index in [-0.39, 0.29) is 0 Å². The highest BCUT2D eigenvalue weighted by Crippen LogP contribution is 2.56. The summed E-state index contributed by atoms with van der Waals surface area (Å²) >= 11 is 0. The molecule has 4 fully saturated rings. The summed E-state index contributed by atoms with van der Waals surface area (Å²) in [6.07, 6.45) is 4.64. The fourth-order valence-corrected chi connectivity index (χ4v) is 3.73. The number of nitrogens with zero attached hydrogens (tertiary/aromatic N) is 1. The van der Waals surface area contributed by atoms with Crippen LogP contribution in [0.2, 0.25) is 0 Å². The van der Waals surface area contributed by atoms with E-state index >= 15 is 0 Å². The first kappa shape index (κ1) is 6.47. The Morgan fingerprint density at radius 3 is 2.36 bits per heavy atom. The predicted molar refractivity (Wildman–Crippen MR) is 45.3 cm³/mol. The van der Waals surface area contributed by atoms with Gasteiger partial charge in [-0.15, -0.1) is 0 Å². The van der Waals surface area contributed by atoms with Gasteiger partial charge < -0.3 is 4.90 Å². The van der Waals surface area contributed by atoms with E-state index < -0.39 is 0 Å². The lowest BCUT2D eigenvalue weighted by Gasteiger charge is -2.46. The molecule has 1 heteroatoms. The summed E-state index contributed by atoms with van der Waals surface area (Å²) < 4.78 is 0. The number of hydrogen-bond acceptors (Lipinski definition) is 1. The molecule has 3 aliphatic carbocycles. The van der Waals surface area contributed by atoms with Crippen molar-refractivity contribution in [2.24, 2.45) is 17.8 Å². The second-order valence-electron chi connectivity index (χ2n) is 4.86. The summed E-state index contributed by atoms with van der Waals surface area (Å²) in [6, 6.07) is 1.86. The van der Waals surface area contributed by atoms with Gasteiger partial charge in [0.05, 0.1) is 0 Å². The van der Waals surface area contributed by atoms with E-state index in [4.69, 9.17) is 0 Å². The molecule has 1 heterocycles. The minimum atomic E-state index is 0.887. The maximum absolute atomic E-state index is 2.64. The highest BCUT2D eigenvalue weighted by atomic mass is 15.2. The molecule has 3 atom stereocenters. The van der Waals surface area contributed by atoms with Gasteiger partial charge in [0.25, 0.3) is 0 Å². The molecule has 0 N–H and O–H groups in total. The van der Waals surface area contributed by atoms with Gasteiger partial charge in [0.2, 0.25) is 0 Å². The molecule has 4 bridgehead atoms. The van der Waals surface area contributed by atoms with Crippen LogP contribution in [-0.4, -0.2) is 24.0 Å². The van der Waals surface area contributed by atoms with Crippen LogP contribution in [0.4, 0.5) is 0 Å². The first-order valence-electron chi connectivity index (χ1n) is 4.99. The Hall–Kier alpha value is -0.0400. The lowest BCUT2D eigenvalue weighted by atomic mass is 9.59. The highest BCUT2D eigenvalue weighted by molar-refractivity contribution is 5.07. The Labute approximate surface area is 68.8 Å². The van der Waals surface area contributed by atoms with Crippen LogP contribution >= 0.6 is 0 Å². The van der Waals surface area contributed by atoms with Gasteiger partial charge in [-0.2, -0.15) is 0 Å². The van der Waals surface area contributed by atoms with Gasteiger partial charge in [0.15, 0.2) is 0 Å². The molecule has 4 rings (SSSR count). The quantitative estimate of drug-likeness (QED) is 0.509. The van der Waals surface area contributed by atoms with Gasteiger partial charge in [-0.25, -0.2) is 0 Å². The monoisotopic (exact) mass is 151 g/mol. The van der Waals surface area contributed by atoms with E-state index in [9.17, 15) is 0 Å². The van der Waals surface area contributed by atoms with Crippen LogP contribution in [0.3, 0.4) is 0 Å². The smallest absolute Gasteiger partial charge is 0.0127 e. The topological polar surface area (TPSA) is 3.24 Å². The normalized spacial score (nSPS) is 61.1. The van der Waals surface area contributed by atoms with Crippen LogP contribution in [0.15, 0.2) is 0 Å². The third-order valence-electron chi connectivity index (χ3n) is 4.66. The van der Waals surface area contributed by atoms with Gasteiger partial charge in [0.1, 0.15) is 0 Å². The van der Waals surface area contributed by atoms with Crippen molar-refractivity contribution in [3.8, 4) is 0 Å². The summed E-state index contributed by atoms with van der Waals surface area (Å²) in [7, 11) is 2.33. The van der Waals surface area contributed by atoms with Crippen LogP contribution < -0.4 is 0 Å². The van der Waals surface area contributed by atoms with Crippen molar-refractivity contribution in [3.05, 3.63) is 0 Å². The van der Waals surface area contributed by atoms with Crippen LogP contribution in [-0.2, 0) is 0 Å². The summed E-state index contributed by atoms with van der Waals surface area (Å²) in [6.45, 7) is 2.42. The number of likely N-dealkylation sites (tertiary alicyclic amines) is 1. The summed E-state index contributed by atoms with van der Waals surface area (Å²) in [4.78, 5) is 2.64. The predicted octanol–water partition coefficient (Wildman–Crippen LogP) is 1.74. The van der Waals surface area contributed by atoms with E-state index in [1.54, 1.807) is 12.8 Å². The Balaban J connectivity index is 1.96. The molecule has 0 aromatic carbocycles. The Bertz CT molecular complexity index is 165. The molecule has 0 radical (unpaired) electrons. The molecule has 1 saturated heterocycles. The first-order chi connectivity index (χ1) is 5.27. The Kier molecular flexibility index (Phi) is 1.07. The van der Waals surface area contributed by atoms with Crippen LogP contribution in [0.1, 0.15) is 26.2 Å². The zero-order valence-electron chi connectivity index (χ0n) is 7.46. The minimum Gasteiger partial charge on any atom is -0.300 e. The van der Waals surface area contributed by atoms with Gasteiger partial charge >= 0.3 is 0 Å². The molecule has 0 aromatic heterocycles. The van der Waals surface area contributed by atoms with Gasteiger partial charge in [-0.05, 0) is 51.0 Å². The second kappa shape index (κ2) is 1.82. The van der Waals surface area contributed by atoms with Crippen molar-refractivity contribution in [3.63, 3.8) is 0 Å². The van der Waals surface area contributed by atoms with Crippen LogP contribution in [0, 0.1) is 17.8 Å². The van der Waals surface area contributed by atoms with Crippen molar-refractivity contribution >= 4 is 0 Å². The van der Waals surface area contributed by atoms with Crippen LogP contribution in [0.5, 0.6) is 0 Å². The summed E-state index contributed by atoms with van der Waals surface area (Å²) in [5.41, 5.74) is 0. The van der Waals surface area contributed by atoms with E-state index in [0.717, 1.165) is 29.8 Å². The molecule has 62 valence electrons. The van der Waals surface area contributed by atoms with E-state index in [0.29, 0.717) is 0 Å². The molecule has 1 nitrogen and oxygen atoms in total. The van der Waals surface area contributed by atoms with Crippen LogP contribution in [0.25, 0.3) is 0 Å². The van der Waals surface area contributed by atoms with E-state index in [1.807, 2.05) is 0 Å².